The summed E-state index contributed by atoms with van der Waals surface area (Å²) in [5.41, 5.74) is 0.0405. The summed E-state index contributed by atoms with van der Waals surface area (Å²) in [6.45, 7) is 0. The Hall–Kier alpha value is -1.30. The lowest BCUT2D eigenvalue weighted by atomic mass is 10.1. The van der Waals surface area contributed by atoms with Crippen LogP contribution in [-0.4, -0.2) is 7.11 Å². The monoisotopic (exact) mass is 153 g/mol. The first-order valence-corrected chi connectivity index (χ1v) is 3.33. The molecule has 0 amide bonds. The molecule has 0 bridgehead atoms. The van der Waals surface area contributed by atoms with Crippen LogP contribution in [0.15, 0.2) is 23.2 Å². The highest BCUT2D eigenvalue weighted by Gasteiger charge is 2.15. The minimum absolute atomic E-state index is 0.0405. The van der Waals surface area contributed by atoms with Crippen LogP contribution in [0, 0.1) is 11.3 Å². The van der Waals surface area contributed by atoms with Crippen LogP contribution in [-0.2, 0) is 4.74 Å². The van der Waals surface area contributed by atoms with Crippen LogP contribution in [0.25, 0.3) is 0 Å². The molecule has 1 aliphatic carbocycles. The summed E-state index contributed by atoms with van der Waals surface area (Å²) in [7, 11) is 1.43. The van der Waals surface area contributed by atoms with Crippen molar-refractivity contribution in [2.75, 3.05) is 7.11 Å². The molecule has 0 saturated heterocycles. The third kappa shape index (κ3) is 1.40. The number of nitriles is 1. The van der Waals surface area contributed by atoms with Crippen LogP contribution in [0.1, 0.15) is 12.8 Å². The Morgan fingerprint density at radius 1 is 1.73 bits per heavy atom. The van der Waals surface area contributed by atoms with E-state index in [1.807, 2.05) is 0 Å². The van der Waals surface area contributed by atoms with Crippen LogP contribution >= 0.6 is 0 Å². The van der Waals surface area contributed by atoms with Crippen LogP contribution in [0.5, 0.6) is 0 Å². The summed E-state index contributed by atoms with van der Waals surface area (Å²) in [5, 5.41) is 8.49. The number of methoxy groups -OCH3 is 1. The van der Waals surface area contributed by atoms with Crippen molar-refractivity contribution in [2.24, 2.45) is 0 Å². The zero-order valence-electron chi connectivity index (χ0n) is 6.22. The predicted molar refractivity (Wildman–Crippen MR) is 38.1 cm³/mol. The summed E-state index contributed by atoms with van der Waals surface area (Å²) in [4.78, 5) is 0. The van der Waals surface area contributed by atoms with E-state index >= 15 is 0 Å². The highest BCUT2D eigenvalue weighted by molar-refractivity contribution is 5.42. The highest BCUT2D eigenvalue weighted by Crippen LogP contribution is 2.25. The van der Waals surface area contributed by atoms with Crippen LogP contribution in [0.2, 0.25) is 0 Å². The lowest BCUT2D eigenvalue weighted by Gasteiger charge is -2.10. The van der Waals surface area contributed by atoms with Gasteiger partial charge in [-0.1, -0.05) is 0 Å². The number of hydrogen-bond acceptors (Lipinski definition) is 2. The van der Waals surface area contributed by atoms with E-state index in [1.165, 1.54) is 7.11 Å². The molecule has 0 saturated carbocycles. The molecule has 0 N–H and O–H groups in total. The Kier molecular flexibility index (Phi) is 2.27. The van der Waals surface area contributed by atoms with Crippen molar-refractivity contribution in [3.8, 4) is 6.07 Å². The second-order valence-electron chi connectivity index (χ2n) is 2.20. The van der Waals surface area contributed by atoms with Gasteiger partial charge in [0.2, 0.25) is 0 Å². The second-order valence-corrected chi connectivity index (χ2v) is 2.20. The van der Waals surface area contributed by atoms with Crippen molar-refractivity contribution in [1.29, 1.82) is 5.26 Å². The van der Waals surface area contributed by atoms with Gasteiger partial charge in [0.1, 0.15) is 23.2 Å². The molecule has 2 nitrogen and oxygen atoms in total. The fourth-order valence-electron chi connectivity index (χ4n) is 0.992. The molecule has 1 rings (SSSR count). The summed E-state index contributed by atoms with van der Waals surface area (Å²) in [6, 6.07) is 1.77. The van der Waals surface area contributed by atoms with E-state index in [0.29, 0.717) is 18.6 Å². The van der Waals surface area contributed by atoms with Gasteiger partial charge in [0.15, 0.2) is 0 Å². The van der Waals surface area contributed by atoms with E-state index in [-0.39, 0.29) is 11.4 Å². The zero-order valence-corrected chi connectivity index (χ0v) is 6.22. The Morgan fingerprint density at radius 3 is 2.91 bits per heavy atom. The third-order valence-corrected chi connectivity index (χ3v) is 1.54. The molecular weight excluding hydrogens is 145 g/mol. The first-order valence-electron chi connectivity index (χ1n) is 3.33. The van der Waals surface area contributed by atoms with Crippen molar-refractivity contribution in [2.45, 2.75) is 12.8 Å². The molecule has 0 atom stereocenters. The van der Waals surface area contributed by atoms with Gasteiger partial charge in [-0.2, -0.15) is 5.26 Å². The largest absolute Gasteiger partial charge is 0.496 e. The van der Waals surface area contributed by atoms with Gasteiger partial charge in [-0.05, 0) is 12.5 Å². The van der Waals surface area contributed by atoms with E-state index in [2.05, 4.69) is 0 Å². The maximum Gasteiger partial charge on any atom is 0.135 e. The van der Waals surface area contributed by atoms with Crippen molar-refractivity contribution in [3.63, 3.8) is 0 Å². The van der Waals surface area contributed by atoms with E-state index in [4.69, 9.17) is 10.00 Å². The molecule has 0 aromatic heterocycles. The minimum atomic E-state index is -0.369. The number of hydrogen-bond donors (Lipinski definition) is 0. The summed E-state index contributed by atoms with van der Waals surface area (Å²) < 4.78 is 17.6. The van der Waals surface area contributed by atoms with Gasteiger partial charge in [0, 0.05) is 6.42 Å². The molecule has 0 aromatic rings. The van der Waals surface area contributed by atoms with Crippen molar-refractivity contribution in [1.82, 2.24) is 0 Å². The Balaban J connectivity index is 2.98. The van der Waals surface area contributed by atoms with E-state index in [1.54, 1.807) is 12.1 Å². The standard InChI is InChI=1S/C8H8FNO/c1-11-8-4-2-3-7(9)6(8)5-10/h4H,2-3H2,1H3. The van der Waals surface area contributed by atoms with Crippen molar-refractivity contribution in [3.05, 3.63) is 23.2 Å². The third-order valence-electron chi connectivity index (χ3n) is 1.54. The molecule has 0 aromatic carbocycles. The second kappa shape index (κ2) is 3.20. The molecule has 58 valence electrons. The fourth-order valence-corrected chi connectivity index (χ4v) is 0.992. The van der Waals surface area contributed by atoms with Gasteiger partial charge in [-0.25, -0.2) is 4.39 Å². The van der Waals surface area contributed by atoms with Gasteiger partial charge in [0.25, 0.3) is 0 Å². The van der Waals surface area contributed by atoms with Crippen LogP contribution < -0.4 is 0 Å². The number of allylic oxidation sites excluding steroid dienone is 3. The lowest BCUT2D eigenvalue weighted by molar-refractivity contribution is 0.295. The molecule has 0 fully saturated rings. The fraction of sp³-hybridized carbons (Fsp3) is 0.375. The van der Waals surface area contributed by atoms with Crippen molar-refractivity contribution >= 4 is 0 Å². The molecular formula is C8H8FNO. The Morgan fingerprint density at radius 2 is 2.45 bits per heavy atom. The average molecular weight is 153 g/mol. The van der Waals surface area contributed by atoms with Crippen LogP contribution in [0.4, 0.5) is 4.39 Å². The summed E-state index contributed by atoms with van der Waals surface area (Å²) in [5.74, 6) is -0.0110. The Labute approximate surface area is 64.6 Å². The minimum Gasteiger partial charge on any atom is -0.496 e. The first kappa shape index (κ1) is 7.80. The number of rotatable bonds is 1. The normalized spacial score (nSPS) is 17.4. The summed E-state index contributed by atoms with van der Waals surface area (Å²) in [6.07, 6.45) is 2.65. The quantitative estimate of drug-likeness (QED) is 0.577. The van der Waals surface area contributed by atoms with Crippen molar-refractivity contribution < 1.29 is 9.13 Å². The maximum atomic E-state index is 12.8. The lowest BCUT2D eigenvalue weighted by Crippen LogP contribution is -1.98. The highest BCUT2D eigenvalue weighted by atomic mass is 19.1. The topological polar surface area (TPSA) is 33.0 Å². The van der Waals surface area contributed by atoms with Gasteiger partial charge in [-0.15, -0.1) is 0 Å². The molecule has 0 aliphatic heterocycles. The number of nitrogens with zero attached hydrogens (tertiary/aromatic N) is 1. The van der Waals surface area contributed by atoms with Gasteiger partial charge in [-0.3, -0.25) is 0 Å². The SMILES string of the molecule is COC1=CCCC(F)=C1C#N. The summed E-state index contributed by atoms with van der Waals surface area (Å²) >= 11 is 0. The van der Waals surface area contributed by atoms with E-state index < -0.39 is 0 Å². The average Bonchev–Trinajstić information content (AvgIpc) is 2.04. The molecule has 0 unspecified atom stereocenters. The maximum absolute atomic E-state index is 12.8. The smallest absolute Gasteiger partial charge is 0.135 e. The van der Waals surface area contributed by atoms with Crippen LogP contribution in [0.3, 0.4) is 0 Å². The van der Waals surface area contributed by atoms with E-state index in [9.17, 15) is 4.39 Å². The predicted octanol–water partition coefficient (Wildman–Crippen LogP) is 2.06. The Bertz CT molecular complexity index is 260. The number of halogens is 1. The van der Waals surface area contributed by atoms with E-state index in [0.717, 1.165) is 0 Å². The van der Waals surface area contributed by atoms with Gasteiger partial charge >= 0.3 is 0 Å². The van der Waals surface area contributed by atoms with Gasteiger partial charge in [0.05, 0.1) is 7.11 Å². The first-order chi connectivity index (χ1) is 5.29. The molecule has 3 heteroatoms. The molecule has 0 radical (unpaired) electrons. The molecule has 0 heterocycles. The molecule has 11 heavy (non-hydrogen) atoms. The van der Waals surface area contributed by atoms with Gasteiger partial charge < -0.3 is 4.74 Å². The number of ether oxygens (including phenoxy) is 1. The molecule has 1 aliphatic rings. The molecule has 0 spiro atoms. The zero-order chi connectivity index (χ0) is 8.27.